The predicted molar refractivity (Wildman–Crippen MR) is 143 cm³/mol. The van der Waals surface area contributed by atoms with Crippen molar-refractivity contribution in [3.63, 3.8) is 0 Å². The van der Waals surface area contributed by atoms with E-state index in [1.807, 2.05) is 31.2 Å². The molecule has 1 aliphatic rings. The van der Waals surface area contributed by atoms with Crippen molar-refractivity contribution < 1.29 is 13.2 Å². The highest BCUT2D eigenvalue weighted by Gasteiger charge is 2.28. The van der Waals surface area contributed by atoms with Crippen LogP contribution in [-0.2, 0) is 14.8 Å². The molecule has 1 N–H and O–H groups in total. The van der Waals surface area contributed by atoms with Gasteiger partial charge in [-0.25, -0.2) is 8.42 Å². The number of carbonyl (C=O) groups excluding carboxylic acids is 1. The molecule has 0 aromatic heterocycles. The summed E-state index contributed by atoms with van der Waals surface area (Å²) in [4.78, 5) is 15.5. The van der Waals surface area contributed by atoms with Crippen molar-refractivity contribution in [2.75, 3.05) is 34.2 Å². The standard InChI is InChI=1S/C27H30ClN3O3S/c1-20-6-14-25(15-7-20)35(33,34)31(26-18-22(28)9-8-21(26)2)19-27(32)29-23-10-12-24(13-11-23)30-16-4-3-5-17-30/h6-15,18H,3-5,16-17,19H2,1-2H3,(H,29,32). The van der Waals surface area contributed by atoms with Crippen LogP contribution in [0, 0.1) is 13.8 Å². The van der Waals surface area contributed by atoms with Crippen LogP contribution in [0.25, 0.3) is 0 Å². The molecule has 1 amide bonds. The highest BCUT2D eigenvalue weighted by molar-refractivity contribution is 7.92. The lowest BCUT2D eigenvalue weighted by Crippen LogP contribution is -2.38. The van der Waals surface area contributed by atoms with E-state index in [4.69, 9.17) is 11.6 Å². The predicted octanol–water partition coefficient (Wildman–Crippen LogP) is 5.78. The lowest BCUT2D eigenvalue weighted by Gasteiger charge is -2.29. The fraction of sp³-hybridized carbons (Fsp3) is 0.296. The highest BCUT2D eigenvalue weighted by atomic mass is 35.5. The zero-order valence-electron chi connectivity index (χ0n) is 20.0. The number of hydrogen-bond donors (Lipinski definition) is 1. The van der Waals surface area contributed by atoms with Crippen LogP contribution in [0.4, 0.5) is 17.1 Å². The Bertz CT molecular complexity index is 1290. The first-order chi connectivity index (χ1) is 16.7. The van der Waals surface area contributed by atoms with Crippen LogP contribution in [0.1, 0.15) is 30.4 Å². The Labute approximate surface area is 212 Å². The number of amides is 1. The van der Waals surface area contributed by atoms with Crippen molar-refractivity contribution in [3.05, 3.63) is 82.9 Å². The Hall–Kier alpha value is -3.03. The summed E-state index contributed by atoms with van der Waals surface area (Å²) in [5, 5.41) is 3.23. The summed E-state index contributed by atoms with van der Waals surface area (Å²) < 4.78 is 28.3. The van der Waals surface area contributed by atoms with Crippen LogP contribution in [0.15, 0.2) is 71.6 Å². The molecule has 35 heavy (non-hydrogen) atoms. The molecule has 0 saturated carbocycles. The van der Waals surface area contributed by atoms with Crippen LogP contribution < -0.4 is 14.5 Å². The summed E-state index contributed by atoms with van der Waals surface area (Å²) in [7, 11) is -4.01. The van der Waals surface area contributed by atoms with Crippen molar-refractivity contribution in [1.82, 2.24) is 0 Å². The van der Waals surface area contributed by atoms with Gasteiger partial charge in [0, 0.05) is 29.5 Å². The molecule has 0 radical (unpaired) electrons. The van der Waals surface area contributed by atoms with Gasteiger partial charge < -0.3 is 10.2 Å². The average molecular weight is 512 g/mol. The van der Waals surface area contributed by atoms with Crippen LogP contribution in [0.3, 0.4) is 0 Å². The van der Waals surface area contributed by atoms with Crippen molar-refractivity contribution >= 4 is 44.6 Å². The lowest BCUT2D eigenvalue weighted by atomic mass is 10.1. The number of hydrogen-bond acceptors (Lipinski definition) is 4. The van der Waals surface area contributed by atoms with Crippen LogP contribution in [0.2, 0.25) is 5.02 Å². The third-order valence-electron chi connectivity index (χ3n) is 6.21. The van der Waals surface area contributed by atoms with Gasteiger partial charge in [-0.05, 0) is 87.2 Å². The Morgan fingerprint density at radius 2 is 1.60 bits per heavy atom. The van der Waals surface area contributed by atoms with Crippen molar-refractivity contribution in [2.24, 2.45) is 0 Å². The van der Waals surface area contributed by atoms with Gasteiger partial charge in [0.1, 0.15) is 6.54 Å². The molecule has 8 heteroatoms. The Kier molecular flexibility index (Phi) is 7.67. The molecule has 6 nitrogen and oxygen atoms in total. The van der Waals surface area contributed by atoms with Gasteiger partial charge >= 0.3 is 0 Å². The van der Waals surface area contributed by atoms with Crippen LogP contribution in [-0.4, -0.2) is 34.0 Å². The van der Waals surface area contributed by atoms with Gasteiger partial charge in [0.25, 0.3) is 10.0 Å². The number of aryl methyl sites for hydroxylation is 2. The topological polar surface area (TPSA) is 69.7 Å². The monoisotopic (exact) mass is 511 g/mol. The second-order valence-electron chi connectivity index (χ2n) is 8.90. The van der Waals surface area contributed by atoms with Crippen LogP contribution in [0.5, 0.6) is 0 Å². The van der Waals surface area contributed by atoms with Gasteiger partial charge in [0.05, 0.1) is 10.6 Å². The Morgan fingerprint density at radius 1 is 0.943 bits per heavy atom. The normalized spacial score (nSPS) is 14.0. The maximum atomic E-state index is 13.6. The maximum absolute atomic E-state index is 13.6. The highest BCUT2D eigenvalue weighted by Crippen LogP contribution is 2.30. The maximum Gasteiger partial charge on any atom is 0.264 e. The molecule has 0 unspecified atom stereocenters. The summed E-state index contributed by atoms with van der Waals surface area (Å²) in [6.07, 6.45) is 3.64. The number of carbonyl (C=O) groups is 1. The van der Waals surface area contributed by atoms with E-state index in [-0.39, 0.29) is 11.4 Å². The zero-order valence-corrected chi connectivity index (χ0v) is 21.6. The number of piperidine rings is 1. The minimum atomic E-state index is -4.01. The summed E-state index contributed by atoms with van der Waals surface area (Å²) in [6, 6.07) is 19.3. The number of rotatable bonds is 7. The molecule has 4 rings (SSSR count). The number of halogens is 1. The number of sulfonamides is 1. The second kappa shape index (κ2) is 10.7. The first-order valence-electron chi connectivity index (χ1n) is 11.7. The third-order valence-corrected chi connectivity index (χ3v) is 8.22. The number of nitrogens with zero attached hydrogens (tertiary/aromatic N) is 2. The molecule has 1 fully saturated rings. The molecule has 1 saturated heterocycles. The van der Waals surface area contributed by atoms with E-state index in [2.05, 4.69) is 10.2 Å². The molecule has 3 aromatic rings. The fourth-order valence-electron chi connectivity index (χ4n) is 4.23. The van der Waals surface area contributed by atoms with Gasteiger partial charge in [-0.2, -0.15) is 0 Å². The van der Waals surface area contributed by atoms with Gasteiger partial charge in [0.2, 0.25) is 5.91 Å². The minimum absolute atomic E-state index is 0.112. The summed E-state index contributed by atoms with van der Waals surface area (Å²) in [5.74, 6) is -0.439. The molecule has 1 heterocycles. The zero-order chi connectivity index (χ0) is 25.0. The van der Waals surface area contributed by atoms with Crippen molar-refractivity contribution in [2.45, 2.75) is 38.0 Å². The second-order valence-corrected chi connectivity index (χ2v) is 11.2. The van der Waals surface area contributed by atoms with E-state index in [1.165, 1.54) is 19.3 Å². The van der Waals surface area contributed by atoms with E-state index < -0.39 is 15.9 Å². The molecule has 0 atom stereocenters. The van der Waals surface area contributed by atoms with E-state index in [9.17, 15) is 13.2 Å². The van der Waals surface area contributed by atoms with E-state index in [0.717, 1.165) is 28.6 Å². The quantitative estimate of drug-likeness (QED) is 0.436. The van der Waals surface area contributed by atoms with Gasteiger partial charge in [-0.15, -0.1) is 0 Å². The van der Waals surface area contributed by atoms with E-state index in [1.54, 1.807) is 49.4 Å². The first-order valence-corrected chi connectivity index (χ1v) is 13.6. The van der Waals surface area contributed by atoms with Crippen molar-refractivity contribution in [1.29, 1.82) is 0 Å². The lowest BCUT2D eigenvalue weighted by molar-refractivity contribution is -0.114. The summed E-state index contributed by atoms with van der Waals surface area (Å²) >= 11 is 6.20. The van der Waals surface area contributed by atoms with Gasteiger partial charge in [-0.3, -0.25) is 9.10 Å². The fourth-order valence-corrected chi connectivity index (χ4v) is 5.87. The van der Waals surface area contributed by atoms with Crippen LogP contribution >= 0.6 is 11.6 Å². The van der Waals surface area contributed by atoms with Gasteiger partial charge in [0.15, 0.2) is 0 Å². The molecular weight excluding hydrogens is 482 g/mol. The minimum Gasteiger partial charge on any atom is -0.372 e. The Morgan fingerprint density at radius 3 is 2.26 bits per heavy atom. The largest absolute Gasteiger partial charge is 0.372 e. The number of nitrogens with one attached hydrogen (secondary N) is 1. The van der Waals surface area contributed by atoms with E-state index in [0.29, 0.717) is 22.0 Å². The summed E-state index contributed by atoms with van der Waals surface area (Å²) in [5.41, 5.74) is 3.75. The molecule has 184 valence electrons. The first kappa shape index (κ1) is 25.1. The summed E-state index contributed by atoms with van der Waals surface area (Å²) in [6.45, 7) is 5.37. The number of benzene rings is 3. The molecule has 3 aromatic carbocycles. The molecular formula is C27H30ClN3O3S. The van der Waals surface area contributed by atoms with Gasteiger partial charge in [-0.1, -0.05) is 35.4 Å². The number of anilines is 3. The Balaban J connectivity index is 1.57. The third kappa shape index (κ3) is 5.97. The smallest absolute Gasteiger partial charge is 0.264 e. The van der Waals surface area contributed by atoms with E-state index >= 15 is 0 Å². The molecule has 0 bridgehead atoms. The SMILES string of the molecule is Cc1ccc(S(=O)(=O)N(CC(=O)Nc2ccc(N3CCCCC3)cc2)c2cc(Cl)ccc2C)cc1. The average Bonchev–Trinajstić information content (AvgIpc) is 2.85. The molecule has 0 aliphatic carbocycles. The molecule has 1 aliphatic heterocycles. The van der Waals surface area contributed by atoms with Crippen molar-refractivity contribution in [3.8, 4) is 0 Å². The molecule has 0 spiro atoms.